The number of thiol groups is 1. The maximum absolute atomic E-state index is 4.86. The Hall–Kier alpha value is -0.0600. The fraction of sp³-hybridized carbons (Fsp3) is 0.250. The van der Waals surface area contributed by atoms with Gasteiger partial charge in [0.05, 0.1) is 0 Å². The number of thiocarbonyl (C=S) groups is 1. The molecule has 0 bridgehead atoms. The molecule has 0 aromatic carbocycles. The highest BCUT2D eigenvalue weighted by Crippen LogP contribution is 1.97. The van der Waals surface area contributed by atoms with E-state index in [-0.39, 0.29) is 5.37 Å². The van der Waals surface area contributed by atoms with Crippen LogP contribution in [0.25, 0.3) is 0 Å². The number of hydrogen-bond donors (Lipinski definition) is 3. The highest BCUT2D eigenvalue weighted by atomic mass is 32.1. The van der Waals surface area contributed by atoms with E-state index in [1.807, 2.05) is 6.08 Å². The monoisotopic (exact) mass is 146 g/mol. The molecule has 4 heteroatoms. The fourth-order valence-corrected chi connectivity index (χ4v) is 0.701. The summed E-state index contributed by atoms with van der Waals surface area (Å²) in [6.07, 6.45) is 3.55. The average Bonchev–Trinajstić information content (AvgIpc) is 1.77. The molecule has 2 N–H and O–H groups in total. The van der Waals surface area contributed by atoms with E-state index in [0.29, 0.717) is 0 Å². The smallest absolute Gasteiger partial charge is 0.104 e. The Morgan fingerprint density at radius 1 is 1.75 bits per heavy atom. The second-order valence-electron chi connectivity index (χ2n) is 1.43. The van der Waals surface area contributed by atoms with Crippen LogP contribution < -0.4 is 10.9 Å². The molecule has 0 aromatic heterocycles. The van der Waals surface area contributed by atoms with Crippen LogP contribution in [0.1, 0.15) is 0 Å². The summed E-state index contributed by atoms with van der Waals surface area (Å²) in [6.45, 7) is 0. The lowest BCUT2D eigenvalue weighted by atomic mass is 10.4. The van der Waals surface area contributed by atoms with E-state index in [1.54, 1.807) is 6.20 Å². The van der Waals surface area contributed by atoms with Gasteiger partial charge in [-0.05, 0) is 6.08 Å². The molecule has 0 saturated heterocycles. The van der Waals surface area contributed by atoms with Gasteiger partial charge in [0.25, 0.3) is 0 Å². The van der Waals surface area contributed by atoms with Gasteiger partial charge in [0.15, 0.2) is 0 Å². The summed E-state index contributed by atoms with van der Waals surface area (Å²) in [4.78, 5) is 0.812. The maximum atomic E-state index is 4.86. The first-order valence-electron chi connectivity index (χ1n) is 2.20. The predicted octanol–water partition coefficient (Wildman–Crippen LogP) is 0.234. The van der Waals surface area contributed by atoms with Gasteiger partial charge < -0.3 is 5.43 Å². The minimum atomic E-state index is -0.0185. The molecule has 8 heavy (non-hydrogen) atoms. The van der Waals surface area contributed by atoms with Crippen molar-refractivity contribution in [1.29, 1.82) is 0 Å². The van der Waals surface area contributed by atoms with Gasteiger partial charge in [-0.15, -0.1) is 0 Å². The topological polar surface area (TPSA) is 24.1 Å². The maximum Gasteiger partial charge on any atom is 0.104 e. The lowest BCUT2D eigenvalue weighted by Gasteiger charge is -2.15. The van der Waals surface area contributed by atoms with Gasteiger partial charge in [0.2, 0.25) is 0 Å². The lowest BCUT2D eigenvalue weighted by Crippen LogP contribution is -2.41. The van der Waals surface area contributed by atoms with Gasteiger partial charge in [0.1, 0.15) is 5.37 Å². The molecule has 1 aliphatic rings. The Bertz CT molecular complexity index is 132. The van der Waals surface area contributed by atoms with E-state index in [2.05, 4.69) is 23.5 Å². The van der Waals surface area contributed by atoms with Crippen LogP contribution in [0.5, 0.6) is 0 Å². The van der Waals surface area contributed by atoms with Crippen LogP contribution in [0.4, 0.5) is 0 Å². The molecule has 0 aliphatic carbocycles. The van der Waals surface area contributed by atoms with Crippen LogP contribution in [0, 0.1) is 0 Å². The second kappa shape index (κ2) is 2.48. The van der Waals surface area contributed by atoms with Crippen LogP contribution >= 0.6 is 24.8 Å². The first-order chi connectivity index (χ1) is 3.80. The minimum absolute atomic E-state index is 0.0185. The molecular weight excluding hydrogens is 140 g/mol. The summed E-state index contributed by atoms with van der Waals surface area (Å²) in [7, 11) is 0. The van der Waals surface area contributed by atoms with E-state index in [9.17, 15) is 0 Å². The summed E-state index contributed by atoms with van der Waals surface area (Å²) >= 11 is 8.95. The van der Waals surface area contributed by atoms with Crippen LogP contribution in [0.15, 0.2) is 12.3 Å². The summed E-state index contributed by atoms with van der Waals surface area (Å²) < 4.78 is 0. The summed E-state index contributed by atoms with van der Waals surface area (Å²) in [5.74, 6) is 0. The van der Waals surface area contributed by atoms with E-state index < -0.39 is 0 Å². The van der Waals surface area contributed by atoms with Crippen molar-refractivity contribution in [2.75, 3.05) is 0 Å². The van der Waals surface area contributed by atoms with Crippen molar-refractivity contribution in [3.8, 4) is 0 Å². The van der Waals surface area contributed by atoms with Crippen LogP contribution in [0.3, 0.4) is 0 Å². The molecule has 2 nitrogen and oxygen atoms in total. The van der Waals surface area contributed by atoms with Gasteiger partial charge in [-0.25, -0.2) is 5.43 Å². The van der Waals surface area contributed by atoms with Crippen molar-refractivity contribution in [3.63, 3.8) is 0 Å². The van der Waals surface area contributed by atoms with Crippen molar-refractivity contribution in [1.82, 2.24) is 10.9 Å². The molecule has 1 atom stereocenters. The summed E-state index contributed by atoms with van der Waals surface area (Å²) in [5, 5.41) is -0.0185. The zero-order chi connectivity index (χ0) is 5.98. The van der Waals surface area contributed by atoms with Gasteiger partial charge in [-0.2, -0.15) is 12.6 Å². The molecule has 0 fully saturated rings. The Kier molecular flexibility index (Phi) is 1.88. The van der Waals surface area contributed by atoms with Crippen LogP contribution in [-0.2, 0) is 0 Å². The largest absolute Gasteiger partial charge is 0.327 e. The molecule has 0 saturated carbocycles. The van der Waals surface area contributed by atoms with Crippen LogP contribution in [-0.4, -0.2) is 10.2 Å². The Morgan fingerprint density at radius 3 is 2.88 bits per heavy atom. The van der Waals surface area contributed by atoms with E-state index in [4.69, 9.17) is 12.2 Å². The molecular formula is C4H6N2S2. The molecule has 1 unspecified atom stereocenters. The standard InChI is InChI=1S/C4H6N2S2/c7-3-1-2-5-6-4(3)8/h1-2,4-6,8H. The molecule has 0 aromatic rings. The van der Waals surface area contributed by atoms with Gasteiger partial charge in [-0.3, -0.25) is 0 Å². The quantitative estimate of drug-likeness (QED) is 0.337. The lowest BCUT2D eigenvalue weighted by molar-refractivity contribution is 0.665. The van der Waals surface area contributed by atoms with Gasteiger partial charge in [0, 0.05) is 11.1 Å². The SMILES string of the molecule is S=C1C=CNNC1S. The number of hydrogen-bond acceptors (Lipinski definition) is 4. The van der Waals surface area contributed by atoms with Crippen molar-refractivity contribution < 1.29 is 0 Å². The highest BCUT2D eigenvalue weighted by Gasteiger charge is 2.06. The zero-order valence-electron chi connectivity index (χ0n) is 4.09. The first kappa shape index (κ1) is 6.07. The van der Waals surface area contributed by atoms with Crippen molar-refractivity contribution >= 4 is 29.7 Å². The summed E-state index contributed by atoms with van der Waals surface area (Å²) in [5.41, 5.74) is 5.59. The predicted molar refractivity (Wildman–Crippen MR) is 40.8 cm³/mol. The molecule has 44 valence electrons. The fourth-order valence-electron chi connectivity index (χ4n) is 0.413. The van der Waals surface area contributed by atoms with Crippen LogP contribution in [0.2, 0.25) is 0 Å². The summed E-state index contributed by atoms with van der Waals surface area (Å²) in [6, 6.07) is 0. The van der Waals surface area contributed by atoms with Gasteiger partial charge >= 0.3 is 0 Å². The Balaban J connectivity index is 2.60. The molecule has 0 radical (unpaired) electrons. The number of nitrogens with one attached hydrogen (secondary N) is 2. The van der Waals surface area contributed by atoms with E-state index >= 15 is 0 Å². The van der Waals surface area contributed by atoms with Crippen molar-refractivity contribution in [3.05, 3.63) is 12.3 Å². The third kappa shape index (κ3) is 1.21. The second-order valence-corrected chi connectivity index (χ2v) is 2.41. The third-order valence-corrected chi connectivity index (χ3v) is 1.77. The average molecular weight is 146 g/mol. The molecule has 1 rings (SSSR count). The number of hydrazine groups is 1. The molecule has 0 amide bonds. The molecule has 1 heterocycles. The van der Waals surface area contributed by atoms with Crippen molar-refractivity contribution in [2.45, 2.75) is 5.37 Å². The van der Waals surface area contributed by atoms with Crippen molar-refractivity contribution in [2.24, 2.45) is 0 Å². The molecule has 0 spiro atoms. The zero-order valence-corrected chi connectivity index (χ0v) is 5.80. The number of rotatable bonds is 0. The minimum Gasteiger partial charge on any atom is -0.327 e. The van der Waals surface area contributed by atoms with Gasteiger partial charge in [-0.1, -0.05) is 12.2 Å². The first-order valence-corrected chi connectivity index (χ1v) is 3.13. The Morgan fingerprint density at radius 2 is 2.50 bits per heavy atom. The Labute approximate surface area is 58.7 Å². The third-order valence-electron chi connectivity index (χ3n) is 0.820. The normalized spacial score (nSPS) is 27.6. The highest BCUT2D eigenvalue weighted by molar-refractivity contribution is 7.87. The molecule has 1 aliphatic heterocycles. The van der Waals surface area contributed by atoms with E-state index in [0.717, 1.165) is 4.86 Å². The van der Waals surface area contributed by atoms with E-state index in [1.165, 1.54) is 0 Å².